The molecule has 0 saturated carbocycles. The Bertz CT molecular complexity index is 362. The number of carbonyl (C=O) groups is 1. The molecule has 0 aliphatic carbocycles. The van der Waals surface area contributed by atoms with E-state index in [1.54, 1.807) is 6.92 Å². The molecular weight excluding hydrogens is 190 g/mol. The molecular formula is C10H10F2O2. The fourth-order valence-corrected chi connectivity index (χ4v) is 1.14. The molecule has 0 aliphatic heterocycles. The van der Waals surface area contributed by atoms with Crippen LogP contribution in [0.3, 0.4) is 0 Å². The SMILES string of the molecule is CCOc1c(C=O)cc(C)c(F)c1F. The Kier molecular flexibility index (Phi) is 3.17. The van der Waals surface area contributed by atoms with E-state index in [0.29, 0.717) is 6.29 Å². The molecule has 0 fully saturated rings. The van der Waals surface area contributed by atoms with E-state index in [0.717, 1.165) is 0 Å². The van der Waals surface area contributed by atoms with Crippen molar-refractivity contribution in [3.8, 4) is 5.75 Å². The number of ether oxygens (including phenoxy) is 1. The van der Waals surface area contributed by atoms with Crippen molar-refractivity contribution in [2.45, 2.75) is 13.8 Å². The number of hydrogen-bond donors (Lipinski definition) is 0. The van der Waals surface area contributed by atoms with Crippen LogP contribution in [0, 0.1) is 18.6 Å². The highest BCUT2D eigenvalue weighted by atomic mass is 19.2. The fraction of sp³-hybridized carbons (Fsp3) is 0.300. The van der Waals surface area contributed by atoms with Crippen LogP contribution in [0.2, 0.25) is 0 Å². The molecule has 0 aliphatic rings. The lowest BCUT2D eigenvalue weighted by Crippen LogP contribution is -2.03. The van der Waals surface area contributed by atoms with Crippen molar-refractivity contribution in [2.75, 3.05) is 6.61 Å². The zero-order chi connectivity index (χ0) is 10.7. The molecule has 1 aromatic rings. The molecule has 1 rings (SSSR count). The van der Waals surface area contributed by atoms with Gasteiger partial charge in [0.15, 0.2) is 17.9 Å². The minimum Gasteiger partial charge on any atom is -0.490 e. The maximum Gasteiger partial charge on any atom is 0.201 e. The summed E-state index contributed by atoms with van der Waals surface area (Å²) in [6.45, 7) is 3.20. The van der Waals surface area contributed by atoms with E-state index in [9.17, 15) is 13.6 Å². The molecule has 14 heavy (non-hydrogen) atoms. The van der Waals surface area contributed by atoms with Gasteiger partial charge in [-0.2, -0.15) is 4.39 Å². The quantitative estimate of drug-likeness (QED) is 0.700. The molecule has 0 N–H and O–H groups in total. The van der Waals surface area contributed by atoms with Gasteiger partial charge in [-0.25, -0.2) is 4.39 Å². The normalized spacial score (nSPS) is 10.0. The number of halogens is 2. The summed E-state index contributed by atoms with van der Waals surface area (Å²) in [6.07, 6.45) is 0.445. The standard InChI is InChI=1S/C10H10F2O2/c1-3-14-10-7(5-13)4-6(2)8(11)9(10)12/h4-5H,3H2,1-2H3. The smallest absolute Gasteiger partial charge is 0.201 e. The summed E-state index contributed by atoms with van der Waals surface area (Å²) in [7, 11) is 0. The summed E-state index contributed by atoms with van der Waals surface area (Å²) in [5, 5.41) is 0. The van der Waals surface area contributed by atoms with Crippen molar-refractivity contribution >= 4 is 6.29 Å². The van der Waals surface area contributed by atoms with Crippen LogP contribution in [-0.2, 0) is 0 Å². The molecule has 0 bridgehead atoms. The van der Waals surface area contributed by atoms with E-state index in [1.807, 2.05) is 0 Å². The van der Waals surface area contributed by atoms with E-state index in [1.165, 1.54) is 13.0 Å². The molecule has 0 heterocycles. The predicted molar refractivity (Wildman–Crippen MR) is 47.7 cm³/mol. The van der Waals surface area contributed by atoms with Crippen molar-refractivity contribution in [1.82, 2.24) is 0 Å². The first-order valence-corrected chi connectivity index (χ1v) is 4.18. The van der Waals surface area contributed by atoms with Crippen LogP contribution < -0.4 is 4.74 Å². The first-order chi connectivity index (χ1) is 6.61. The van der Waals surface area contributed by atoms with E-state index < -0.39 is 11.6 Å². The predicted octanol–water partition coefficient (Wildman–Crippen LogP) is 2.48. The van der Waals surface area contributed by atoms with Crippen molar-refractivity contribution in [3.05, 3.63) is 28.8 Å². The Hall–Kier alpha value is -1.45. The lowest BCUT2D eigenvalue weighted by atomic mass is 10.1. The van der Waals surface area contributed by atoms with Gasteiger partial charge < -0.3 is 4.74 Å². The highest BCUT2D eigenvalue weighted by molar-refractivity contribution is 5.79. The number of hydrogen-bond acceptors (Lipinski definition) is 2. The number of benzene rings is 1. The number of rotatable bonds is 3. The average Bonchev–Trinajstić information content (AvgIpc) is 2.19. The minimum atomic E-state index is -1.10. The Morgan fingerprint density at radius 3 is 2.57 bits per heavy atom. The zero-order valence-corrected chi connectivity index (χ0v) is 7.93. The van der Waals surface area contributed by atoms with Crippen molar-refractivity contribution in [3.63, 3.8) is 0 Å². The molecule has 0 saturated heterocycles. The molecule has 0 unspecified atom stereocenters. The molecule has 4 heteroatoms. The molecule has 2 nitrogen and oxygen atoms in total. The van der Waals surface area contributed by atoms with Gasteiger partial charge in [0, 0.05) is 0 Å². The molecule has 76 valence electrons. The molecule has 1 aromatic carbocycles. The van der Waals surface area contributed by atoms with Gasteiger partial charge in [0.1, 0.15) is 0 Å². The minimum absolute atomic E-state index is 0.0308. The van der Waals surface area contributed by atoms with Gasteiger partial charge in [-0.1, -0.05) is 0 Å². The van der Waals surface area contributed by atoms with Gasteiger partial charge in [0.2, 0.25) is 5.82 Å². The summed E-state index contributed by atoms with van der Waals surface area (Å²) >= 11 is 0. The van der Waals surface area contributed by atoms with Gasteiger partial charge in [-0.15, -0.1) is 0 Å². The van der Waals surface area contributed by atoms with Crippen molar-refractivity contribution in [2.24, 2.45) is 0 Å². The second-order valence-corrected chi connectivity index (χ2v) is 2.79. The first-order valence-electron chi connectivity index (χ1n) is 4.18. The molecule has 0 aromatic heterocycles. The van der Waals surface area contributed by atoms with Gasteiger partial charge in [-0.3, -0.25) is 4.79 Å². The topological polar surface area (TPSA) is 26.3 Å². The molecule has 0 spiro atoms. The van der Waals surface area contributed by atoms with Crippen LogP contribution >= 0.6 is 0 Å². The monoisotopic (exact) mass is 200 g/mol. The van der Waals surface area contributed by atoms with Gasteiger partial charge in [-0.05, 0) is 25.5 Å². The Balaban J connectivity index is 3.36. The summed E-state index contributed by atoms with van der Waals surface area (Å²) in [5.41, 5.74) is 0.122. The molecule has 0 amide bonds. The third-order valence-corrected chi connectivity index (χ3v) is 1.79. The van der Waals surface area contributed by atoms with Crippen molar-refractivity contribution < 1.29 is 18.3 Å². The maximum absolute atomic E-state index is 13.2. The third kappa shape index (κ3) is 1.73. The van der Waals surface area contributed by atoms with Crippen LogP contribution in [0.15, 0.2) is 6.07 Å². The lowest BCUT2D eigenvalue weighted by molar-refractivity contribution is 0.111. The lowest BCUT2D eigenvalue weighted by Gasteiger charge is -2.09. The molecule has 0 atom stereocenters. The number of aryl methyl sites for hydroxylation is 1. The van der Waals surface area contributed by atoms with Crippen LogP contribution in [0.25, 0.3) is 0 Å². The van der Waals surface area contributed by atoms with E-state index in [2.05, 4.69) is 0 Å². The largest absolute Gasteiger partial charge is 0.490 e. The van der Waals surface area contributed by atoms with Gasteiger partial charge >= 0.3 is 0 Å². The summed E-state index contributed by atoms with van der Waals surface area (Å²) in [5.74, 6) is -2.39. The van der Waals surface area contributed by atoms with Crippen LogP contribution in [0.1, 0.15) is 22.8 Å². The number of aldehydes is 1. The Labute approximate surface area is 80.5 Å². The van der Waals surface area contributed by atoms with Crippen LogP contribution in [0.5, 0.6) is 5.75 Å². The summed E-state index contributed by atoms with van der Waals surface area (Å²) in [4.78, 5) is 10.5. The Morgan fingerprint density at radius 2 is 2.07 bits per heavy atom. The van der Waals surface area contributed by atoms with Gasteiger partial charge in [0.05, 0.1) is 12.2 Å². The molecule has 0 radical (unpaired) electrons. The highest BCUT2D eigenvalue weighted by Crippen LogP contribution is 2.26. The number of carbonyl (C=O) groups excluding carboxylic acids is 1. The maximum atomic E-state index is 13.2. The van der Waals surface area contributed by atoms with E-state index in [4.69, 9.17) is 4.74 Å². The summed E-state index contributed by atoms with van der Waals surface area (Å²) in [6, 6.07) is 1.26. The van der Waals surface area contributed by atoms with Gasteiger partial charge in [0.25, 0.3) is 0 Å². The first kappa shape index (κ1) is 10.6. The fourth-order valence-electron chi connectivity index (χ4n) is 1.14. The summed E-state index contributed by atoms with van der Waals surface area (Å²) < 4.78 is 31.1. The van der Waals surface area contributed by atoms with E-state index in [-0.39, 0.29) is 23.5 Å². The Morgan fingerprint density at radius 1 is 1.43 bits per heavy atom. The average molecular weight is 200 g/mol. The van der Waals surface area contributed by atoms with Crippen LogP contribution in [-0.4, -0.2) is 12.9 Å². The van der Waals surface area contributed by atoms with Crippen molar-refractivity contribution in [1.29, 1.82) is 0 Å². The van der Waals surface area contributed by atoms with Crippen LogP contribution in [0.4, 0.5) is 8.78 Å². The second-order valence-electron chi connectivity index (χ2n) is 2.79. The second kappa shape index (κ2) is 4.17. The third-order valence-electron chi connectivity index (χ3n) is 1.79. The van der Waals surface area contributed by atoms with E-state index >= 15 is 0 Å². The zero-order valence-electron chi connectivity index (χ0n) is 7.93. The highest BCUT2D eigenvalue weighted by Gasteiger charge is 2.16.